The Morgan fingerprint density at radius 2 is 2.17 bits per heavy atom. The number of rotatable bonds is 5. The maximum absolute atomic E-state index is 8.71. The van der Waals surface area contributed by atoms with Gasteiger partial charge in [-0.25, -0.2) is 0 Å². The molecule has 2 heteroatoms. The van der Waals surface area contributed by atoms with Crippen molar-refractivity contribution in [1.82, 2.24) is 5.32 Å². The molecule has 0 radical (unpaired) electrons. The molecule has 0 aromatic carbocycles. The quantitative estimate of drug-likeness (QED) is 0.501. The molecule has 0 heterocycles. The Bertz CT molecular complexity index is 187. The number of nitriles is 1. The summed E-state index contributed by atoms with van der Waals surface area (Å²) < 4.78 is 0. The van der Waals surface area contributed by atoms with Crippen LogP contribution in [-0.2, 0) is 0 Å². The lowest BCUT2D eigenvalue weighted by Crippen LogP contribution is -2.22. The van der Waals surface area contributed by atoms with Crippen LogP contribution in [0.3, 0.4) is 0 Å². The molecule has 0 aliphatic heterocycles. The second-order valence-corrected chi connectivity index (χ2v) is 3.88. The third kappa shape index (κ3) is 5.94. The summed E-state index contributed by atoms with van der Waals surface area (Å²) in [5.74, 6) is 0. The minimum atomic E-state index is -0.206. The second-order valence-electron chi connectivity index (χ2n) is 3.88. The Balaban J connectivity index is 3.45. The summed E-state index contributed by atoms with van der Waals surface area (Å²) in [4.78, 5) is 0. The van der Waals surface area contributed by atoms with Gasteiger partial charge in [-0.05, 0) is 33.7 Å². The zero-order valence-electron chi connectivity index (χ0n) is 8.28. The van der Waals surface area contributed by atoms with Crippen LogP contribution >= 0.6 is 0 Å². The highest BCUT2D eigenvalue weighted by atomic mass is 14.8. The van der Waals surface area contributed by atoms with Gasteiger partial charge < -0.3 is 5.32 Å². The Kier molecular flexibility index (Phi) is 4.61. The highest BCUT2D eigenvalue weighted by Gasteiger charge is 2.14. The molecule has 0 bridgehead atoms. The molecule has 0 saturated heterocycles. The van der Waals surface area contributed by atoms with E-state index >= 15 is 0 Å². The highest BCUT2D eigenvalue weighted by Crippen LogP contribution is 2.16. The molecule has 0 rings (SSSR count). The number of hydrogen-bond donors (Lipinski definition) is 1. The molecular weight excluding hydrogens is 148 g/mol. The zero-order valence-corrected chi connectivity index (χ0v) is 8.28. The van der Waals surface area contributed by atoms with Crippen LogP contribution in [0.4, 0.5) is 0 Å². The van der Waals surface area contributed by atoms with Gasteiger partial charge in [0.2, 0.25) is 0 Å². The molecule has 1 N–H and O–H groups in total. The first-order valence-corrected chi connectivity index (χ1v) is 4.24. The second kappa shape index (κ2) is 4.95. The van der Waals surface area contributed by atoms with Crippen LogP contribution in [0.25, 0.3) is 0 Å². The van der Waals surface area contributed by atoms with E-state index in [0.717, 1.165) is 25.1 Å². The van der Waals surface area contributed by atoms with Gasteiger partial charge >= 0.3 is 0 Å². The summed E-state index contributed by atoms with van der Waals surface area (Å²) in [6, 6.07) is 2.27. The lowest BCUT2D eigenvalue weighted by atomic mass is 9.91. The van der Waals surface area contributed by atoms with Crippen LogP contribution in [0.15, 0.2) is 12.2 Å². The van der Waals surface area contributed by atoms with E-state index in [-0.39, 0.29) is 5.41 Å². The molecule has 0 fully saturated rings. The van der Waals surface area contributed by atoms with E-state index in [2.05, 4.69) is 18.0 Å². The Hall–Kier alpha value is -0.810. The van der Waals surface area contributed by atoms with Crippen molar-refractivity contribution in [1.29, 1.82) is 5.26 Å². The molecule has 0 aromatic heterocycles. The van der Waals surface area contributed by atoms with Crippen LogP contribution in [0.1, 0.15) is 27.2 Å². The third-order valence-electron chi connectivity index (χ3n) is 1.66. The summed E-state index contributed by atoms with van der Waals surface area (Å²) in [6.45, 7) is 11.4. The third-order valence-corrected chi connectivity index (χ3v) is 1.66. The van der Waals surface area contributed by atoms with Crippen LogP contribution in [0.2, 0.25) is 0 Å². The summed E-state index contributed by atoms with van der Waals surface area (Å²) in [6.07, 6.45) is 0.886. The van der Waals surface area contributed by atoms with Crippen molar-refractivity contribution in [3.05, 3.63) is 12.2 Å². The first kappa shape index (κ1) is 11.2. The van der Waals surface area contributed by atoms with Crippen molar-refractivity contribution in [2.75, 3.05) is 13.1 Å². The van der Waals surface area contributed by atoms with E-state index in [1.54, 1.807) is 0 Å². The van der Waals surface area contributed by atoms with Crippen molar-refractivity contribution in [2.45, 2.75) is 27.2 Å². The fourth-order valence-electron chi connectivity index (χ4n) is 0.759. The summed E-state index contributed by atoms with van der Waals surface area (Å²) in [7, 11) is 0. The average Bonchev–Trinajstić information content (AvgIpc) is 1.98. The van der Waals surface area contributed by atoms with E-state index in [0.29, 0.717) is 0 Å². The fourth-order valence-corrected chi connectivity index (χ4v) is 0.759. The zero-order chi connectivity index (χ0) is 9.61. The van der Waals surface area contributed by atoms with Crippen LogP contribution < -0.4 is 5.32 Å². The van der Waals surface area contributed by atoms with Crippen molar-refractivity contribution in [3.63, 3.8) is 0 Å². The van der Waals surface area contributed by atoms with Gasteiger partial charge in [0.05, 0.1) is 11.5 Å². The lowest BCUT2D eigenvalue weighted by molar-refractivity contribution is 0.437. The molecular formula is C10H18N2. The lowest BCUT2D eigenvalue weighted by Gasteiger charge is -2.14. The Morgan fingerprint density at radius 1 is 1.58 bits per heavy atom. The average molecular weight is 166 g/mol. The van der Waals surface area contributed by atoms with E-state index < -0.39 is 0 Å². The monoisotopic (exact) mass is 166 g/mol. The molecule has 2 nitrogen and oxygen atoms in total. The van der Waals surface area contributed by atoms with Crippen LogP contribution in [-0.4, -0.2) is 13.1 Å². The summed E-state index contributed by atoms with van der Waals surface area (Å²) in [5.41, 5.74) is 0.923. The van der Waals surface area contributed by atoms with Gasteiger partial charge in [0, 0.05) is 6.54 Å². The van der Waals surface area contributed by atoms with Gasteiger partial charge in [-0.3, -0.25) is 0 Å². The fraction of sp³-hybridized carbons (Fsp3) is 0.700. The molecule has 0 spiro atoms. The van der Waals surface area contributed by atoms with Gasteiger partial charge in [0.1, 0.15) is 0 Å². The highest BCUT2D eigenvalue weighted by molar-refractivity contribution is 4.93. The van der Waals surface area contributed by atoms with Gasteiger partial charge in [-0.1, -0.05) is 12.2 Å². The van der Waals surface area contributed by atoms with E-state index in [1.807, 2.05) is 20.8 Å². The largest absolute Gasteiger partial charge is 0.313 e. The minimum Gasteiger partial charge on any atom is -0.313 e. The van der Waals surface area contributed by atoms with Crippen molar-refractivity contribution in [2.24, 2.45) is 5.41 Å². The normalized spacial score (nSPS) is 10.8. The standard InChI is InChI=1S/C10H18N2/c1-9(2)7-12-6-5-10(3,4)8-11/h12H,1,5-7H2,2-4H3. The maximum Gasteiger partial charge on any atom is 0.0684 e. The molecule has 68 valence electrons. The molecule has 12 heavy (non-hydrogen) atoms. The molecule has 0 atom stereocenters. The van der Waals surface area contributed by atoms with E-state index in [9.17, 15) is 0 Å². The van der Waals surface area contributed by atoms with Gasteiger partial charge in [-0.15, -0.1) is 0 Å². The Labute approximate surface area is 75.3 Å². The van der Waals surface area contributed by atoms with Crippen molar-refractivity contribution in [3.8, 4) is 6.07 Å². The van der Waals surface area contributed by atoms with Gasteiger partial charge in [0.15, 0.2) is 0 Å². The molecule has 0 aliphatic carbocycles. The van der Waals surface area contributed by atoms with Crippen molar-refractivity contribution < 1.29 is 0 Å². The van der Waals surface area contributed by atoms with E-state index in [1.165, 1.54) is 0 Å². The maximum atomic E-state index is 8.71. The molecule has 0 saturated carbocycles. The Morgan fingerprint density at radius 3 is 2.58 bits per heavy atom. The van der Waals surface area contributed by atoms with E-state index in [4.69, 9.17) is 5.26 Å². The first-order chi connectivity index (χ1) is 5.48. The minimum absolute atomic E-state index is 0.206. The van der Waals surface area contributed by atoms with Gasteiger partial charge in [-0.2, -0.15) is 5.26 Å². The topological polar surface area (TPSA) is 35.8 Å². The predicted octanol–water partition coefficient (Wildman–Crippen LogP) is 2.09. The van der Waals surface area contributed by atoms with Crippen LogP contribution in [0.5, 0.6) is 0 Å². The van der Waals surface area contributed by atoms with Gasteiger partial charge in [0.25, 0.3) is 0 Å². The smallest absolute Gasteiger partial charge is 0.0684 e. The molecule has 0 amide bonds. The van der Waals surface area contributed by atoms with Crippen LogP contribution in [0, 0.1) is 16.7 Å². The SMILES string of the molecule is C=C(C)CNCCC(C)(C)C#N. The molecule has 0 aromatic rings. The molecule has 0 aliphatic rings. The summed E-state index contributed by atoms with van der Waals surface area (Å²) in [5, 5.41) is 11.9. The molecule has 0 unspecified atom stereocenters. The number of nitrogens with zero attached hydrogens (tertiary/aromatic N) is 1. The number of hydrogen-bond acceptors (Lipinski definition) is 2. The first-order valence-electron chi connectivity index (χ1n) is 4.24. The predicted molar refractivity (Wildman–Crippen MR) is 51.7 cm³/mol. The van der Waals surface area contributed by atoms with Crippen molar-refractivity contribution >= 4 is 0 Å². The summed E-state index contributed by atoms with van der Waals surface area (Å²) >= 11 is 0. The number of nitrogens with one attached hydrogen (secondary N) is 1.